The Labute approximate surface area is 116 Å². The molecule has 1 aromatic heterocycles. The summed E-state index contributed by atoms with van der Waals surface area (Å²) < 4.78 is 29.5. The molecule has 0 saturated carbocycles. The van der Waals surface area contributed by atoms with Crippen LogP contribution >= 0.6 is 0 Å². The van der Waals surface area contributed by atoms with Gasteiger partial charge < -0.3 is 13.9 Å². The fourth-order valence-corrected chi connectivity index (χ4v) is 1.92. The van der Waals surface area contributed by atoms with Crippen molar-refractivity contribution in [1.82, 2.24) is 0 Å². The molecule has 0 bridgehead atoms. The van der Waals surface area contributed by atoms with E-state index in [9.17, 15) is 9.18 Å². The van der Waals surface area contributed by atoms with Crippen LogP contribution in [0, 0.1) is 5.82 Å². The molecule has 1 heterocycles. The average molecular weight is 280 g/mol. The lowest BCUT2D eigenvalue weighted by Crippen LogP contribution is -2.07. The molecule has 2 rings (SSSR count). The largest absolute Gasteiger partial charge is 0.491 e. The zero-order chi connectivity index (χ0) is 14.5. The second-order valence-corrected chi connectivity index (χ2v) is 4.43. The summed E-state index contributed by atoms with van der Waals surface area (Å²) in [6, 6.07) is 4.85. The zero-order valence-corrected chi connectivity index (χ0v) is 11.6. The van der Waals surface area contributed by atoms with Gasteiger partial charge in [0.15, 0.2) is 11.6 Å². The van der Waals surface area contributed by atoms with E-state index >= 15 is 0 Å². The van der Waals surface area contributed by atoms with Crippen molar-refractivity contribution in [2.24, 2.45) is 0 Å². The first-order valence-electron chi connectivity index (χ1n) is 6.54. The molecular formula is C15H17FO4. The quantitative estimate of drug-likeness (QED) is 0.816. The summed E-state index contributed by atoms with van der Waals surface area (Å²) in [7, 11) is 1.57. The lowest BCUT2D eigenvalue weighted by atomic mass is 10.1. The van der Waals surface area contributed by atoms with Crippen LogP contribution in [0.15, 0.2) is 27.4 Å². The second-order valence-electron chi connectivity index (χ2n) is 4.43. The van der Waals surface area contributed by atoms with E-state index in [0.29, 0.717) is 30.8 Å². The van der Waals surface area contributed by atoms with Crippen LogP contribution < -0.4 is 10.4 Å². The number of benzene rings is 1. The van der Waals surface area contributed by atoms with E-state index in [1.54, 1.807) is 19.2 Å². The predicted octanol–water partition coefficient (Wildman–Crippen LogP) is 2.91. The van der Waals surface area contributed by atoms with Gasteiger partial charge in [-0.05, 0) is 23.9 Å². The molecule has 1 aromatic carbocycles. The fraction of sp³-hybridized carbons (Fsp3) is 0.400. The smallest absolute Gasteiger partial charge is 0.346 e. The molecule has 0 atom stereocenters. The van der Waals surface area contributed by atoms with Crippen LogP contribution in [0.1, 0.15) is 19.1 Å². The van der Waals surface area contributed by atoms with Gasteiger partial charge in [0.2, 0.25) is 0 Å². The number of rotatable bonds is 6. The van der Waals surface area contributed by atoms with Crippen LogP contribution in [-0.2, 0) is 11.2 Å². The van der Waals surface area contributed by atoms with Gasteiger partial charge in [-0.1, -0.05) is 13.0 Å². The van der Waals surface area contributed by atoms with E-state index in [0.717, 1.165) is 6.42 Å². The van der Waals surface area contributed by atoms with E-state index < -0.39 is 11.4 Å². The zero-order valence-electron chi connectivity index (χ0n) is 11.6. The summed E-state index contributed by atoms with van der Waals surface area (Å²) in [5.74, 6) is -0.106. The Bertz CT molecular complexity index is 648. The summed E-state index contributed by atoms with van der Waals surface area (Å²) in [5, 5.41) is 0.438. The molecule has 0 aliphatic carbocycles. The number of hydrogen-bond acceptors (Lipinski definition) is 4. The monoisotopic (exact) mass is 280 g/mol. The van der Waals surface area contributed by atoms with Gasteiger partial charge in [0.1, 0.15) is 11.1 Å². The maximum atomic E-state index is 14.2. The van der Waals surface area contributed by atoms with Gasteiger partial charge in [0, 0.05) is 13.5 Å². The molecule has 108 valence electrons. The molecule has 0 spiro atoms. The number of methoxy groups -OCH3 is 1. The third-order valence-corrected chi connectivity index (χ3v) is 2.90. The van der Waals surface area contributed by atoms with Crippen LogP contribution in [0.4, 0.5) is 4.39 Å². The Morgan fingerprint density at radius 2 is 2.10 bits per heavy atom. The van der Waals surface area contributed by atoms with Crippen LogP contribution in [0.25, 0.3) is 10.8 Å². The van der Waals surface area contributed by atoms with Crippen molar-refractivity contribution in [2.75, 3.05) is 20.3 Å². The SMILES string of the molecule is CCCOc1ccc2cc(CCOC)oc(=O)c2c1F. The van der Waals surface area contributed by atoms with Crippen molar-refractivity contribution in [3.05, 3.63) is 40.2 Å². The maximum Gasteiger partial charge on any atom is 0.346 e. The molecular weight excluding hydrogens is 263 g/mol. The summed E-state index contributed by atoms with van der Waals surface area (Å²) in [4.78, 5) is 11.9. The summed E-state index contributed by atoms with van der Waals surface area (Å²) in [5.41, 5.74) is -0.687. The van der Waals surface area contributed by atoms with Crippen molar-refractivity contribution in [3.63, 3.8) is 0 Å². The minimum absolute atomic E-state index is 0.0697. The Kier molecular flexibility index (Phi) is 4.74. The van der Waals surface area contributed by atoms with Crippen molar-refractivity contribution >= 4 is 10.8 Å². The molecule has 4 nitrogen and oxygen atoms in total. The van der Waals surface area contributed by atoms with Crippen molar-refractivity contribution < 1.29 is 18.3 Å². The van der Waals surface area contributed by atoms with E-state index in [4.69, 9.17) is 13.9 Å². The van der Waals surface area contributed by atoms with Crippen molar-refractivity contribution in [1.29, 1.82) is 0 Å². The van der Waals surface area contributed by atoms with Gasteiger partial charge in [0.05, 0.1) is 13.2 Å². The third kappa shape index (κ3) is 2.99. The van der Waals surface area contributed by atoms with Crippen molar-refractivity contribution in [2.45, 2.75) is 19.8 Å². The first kappa shape index (κ1) is 14.5. The Morgan fingerprint density at radius 3 is 2.80 bits per heavy atom. The first-order valence-corrected chi connectivity index (χ1v) is 6.54. The highest BCUT2D eigenvalue weighted by molar-refractivity contribution is 5.83. The Balaban J connectivity index is 2.45. The highest BCUT2D eigenvalue weighted by Gasteiger charge is 2.14. The predicted molar refractivity (Wildman–Crippen MR) is 73.8 cm³/mol. The highest BCUT2D eigenvalue weighted by atomic mass is 19.1. The molecule has 0 amide bonds. The van der Waals surface area contributed by atoms with Gasteiger partial charge in [0.25, 0.3) is 0 Å². The average Bonchev–Trinajstić information content (AvgIpc) is 2.44. The molecule has 20 heavy (non-hydrogen) atoms. The van der Waals surface area contributed by atoms with Crippen molar-refractivity contribution in [3.8, 4) is 5.75 Å². The third-order valence-electron chi connectivity index (χ3n) is 2.90. The van der Waals surface area contributed by atoms with E-state index in [1.807, 2.05) is 6.92 Å². The van der Waals surface area contributed by atoms with Gasteiger partial charge in [-0.25, -0.2) is 9.18 Å². The minimum atomic E-state index is -0.687. The van der Waals surface area contributed by atoms with Gasteiger partial charge in [-0.3, -0.25) is 0 Å². The minimum Gasteiger partial charge on any atom is -0.491 e. The molecule has 0 saturated heterocycles. The molecule has 0 fully saturated rings. The topological polar surface area (TPSA) is 48.7 Å². The van der Waals surface area contributed by atoms with E-state index in [-0.39, 0.29) is 11.1 Å². The van der Waals surface area contributed by atoms with Crippen LogP contribution in [0.3, 0.4) is 0 Å². The first-order chi connectivity index (χ1) is 9.67. The standard InChI is InChI=1S/C15H17FO4/c1-3-7-19-12-5-4-10-9-11(6-8-18-2)20-15(17)13(10)14(12)16/h4-5,9H,3,6-8H2,1-2H3. The number of halogens is 1. The second kappa shape index (κ2) is 6.52. The highest BCUT2D eigenvalue weighted by Crippen LogP contribution is 2.25. The molecule has 2 aromatic rings. The Morgan fingerprint density at radius 1 is 1.30 bits per heavy atom. The van der Waals surface area contributed by atoms with Crippen LogP contribution in [0.5, 0.6) is 5.75 Å². The summed E-state index contributed by atoms with van der Waals surface area (Å²) >= 11 is 0. The molecule has 0 aliphatic rings. The Hall–Kier alpha value is -1.88. The maximum absolute atomic E-state index is 14.2. The molecule has 5 heteroatoms. The molecule has 0 N–H and O–H groups in total. The van der Waals surface area contributed by atoms with Gasteiger partial charge in [-0.2, -0.15) is 0 Å². The molecule has 0 aliphatic heterocycles. The normalized spacial score (nSPS) is 10.9. The number of ether oxygens (including phenoxy) is 2. The van der Waals surface area contributed by atoms with Gasteiger partial charge in [-0.15, -0.1) is 0 Å². The van der Waals surface area contributed by atoms with E-state index in [2.05, 4.69) is 0 Å². The molecule has 0 radical (unpaired) electrons. The number of fused-ring (bicyclic) bond motifs is 1. The van der Waals surface area contributed by atoms with Crippen LogP contribution in [0.2, 0.25) is 0 Å². The van der Waals surface area contributed by atoms with E-state index in [1.165, 1.54) is 6.07 Å². The summed E-state index contributed by atoms with van der Waals surface area (Å²) in [6.07, 6.45) is 1.24. The number of hydrogen-bond donors (Lipinski definition) is 0. The van der Waals surface area contributed by atoms with Gasteiger partial charge >= 0.3 is 5.63 Å². The lowest BCUT2D eigenvalue weighted by Gasteiger charge is -2.08. The lowest BCUT2D eigenvalue weighted by molar-refractivity contribution is 0.195. The molecule has 0 unspecified atom stereocenters. The summed E-state index contributed by atoms with van der Waals surface area (Å²) in [6.45, 7) is 2.77. The van der Waals surface area contributed by atoms with Crippen LogP contribution in [-0.4, -0.2) is 20.3 Å². The fourth-order valence-electron chi connectivity index (χ4n) is 1.92.